The molecule has 0 radical (unpaired) electrons. The standard InChI is InChI=1S/C26H19FN2O4S/c1-4-16-9-10-19-22(12-16)28-26-24(19)25(30)21-11-15(3)20(14-23(21)29(26)5-2)17-7-6-8-18(13-17)33-34(27,31)32/h1,6-14,28H,5H2,2-3H3. The quantitative estimate of drug-likeness (QED) is 0.287. The monoisotopic (exact) mass is 474 g/mol. The molecule has 0 unspecified atom stereocenters. The van der Waals surface area contributed by atoms with Gasteiger partial charge in [-0.15, -0.1) is 6.42 Å². The van der Waals surface area contributed by atoms with E-state index in [9.17, 15) is 17.1 Å². The fraction of sp³-hybridized carbons (Fsp3) is 0.115. The maximum Gasteiger partial charge on any atom is 0.488 e. The van der Waals surface area contributed by atoms with Crippen LogP contribution in [-0.2, 0) is 17.0 Å². The number of hydrogen-bond donors (Lipinski definition) is 1. The molecule has 2 aromatic heterocycles. The van der Waals surface area contributed by atoms with Crippen molar-refractivity contribution in [1.82, 2.24) is 9.55 Å². The zero-order valence-corrected chi connectivity index (χ0v) is 19.2. The van der Waals surface area contributed by atoms with E-state index in [1.54, 1.807) is 12.1 Å². The van der Waals surface area contributed by atoms with Crippen LogP contribution in [-0.4, -0.2) is 18.0 Å². The first kappa shape index (κ1) is 21.7. The van der Waals surface area contributed by atoms with Crippen molar-refractivity contribution in [3.05, 3.63) is 75.9 Å². The Labute approximate surface area is 195 Å². The molecule has 0 bridgehead atoms. The molecule has 0 aliphatic heterocycles. The van der Waals surface area contributed by atoms with Crippen molar-refractivity contribution < 1.29 is 16.5 Å². The molecule has 1 N–H and O–H groups in total. The second-order valence-electron chi connectivity index (χ2n) is 8.02. The number of aryl methyl sites for hydroxylation is 2. The largest absolute Gasteiger partial charge is 0.488 e. The van der Waals surface area contributed by atoms with E-state index in [1.165, 1.54) is 12.1 Å². The fourth-order valence-electron chi connectivity index (χ4n) is 4.53. The number of aromatic nitrogens is 2. The number of rotatable bonds is 4. The Balaban J connectivity index is 1.82. The summed E-state index contributed by atoms with van der Waals surface area (Å²) >= 11 is 0. The predicted molar refractivity (Wildman–Crippen MR) is 132 cm³/mol. The minimum absolute atomic E-state index is 0.0929. The summed E-state index contributed by atoms with van der Waals surface area (Å²) in [5.74, 6) is 2.48. The first-order chi connectivity index (χ1) is 16.2. The maximum atomic E-state index is 13.6. The van der Waals surface area contributed by atoms with Gasteiger partial charge in [0.25, 0.3) is 0 Å². The highest BCUT2D eigenvalue weighted by atomic mass is 32.3. The molecule has 2 heterocycles. The van der Waals surface area contributed by atoms with Gasteiger partial charge >= 0.3 is 10.5 Å². The Morgan fingerprint density at radius 2 is 1.91 bits per heavy atom. The Bertz CT molecular complexity index is 1840. The summed E-state index contributed by atoms with van der Waals surface area (Å²) in [6.07, 6.45) is 5.54. The summed E-state index contributed by atoms with van der Waals surface area (Å²) in [7, 11) is -5.14. The van der Waals surface area contributed by atoms with Gasteiger partial charge in [0.05, 0.1) is 10.9 Å². The lowest BCUT2D eigenvalue weighted by Gasteiger charge is -2.15. The highest BCUT2D eigenvalue weighted by Crippen LogP contribution is 2.33. The average molecular weight is 475 g/mol. The van der Waals surface area contributed by atoms with Gasteiger partial charge in [0.2, 0.25) is 0 Å². The van der Waals surface area contributed by atoms with Crippen LogP contribution in [0.3, 0.4) is 0 Å². The van der Waals surface area contributed by atoms with Gasteiger partial charge < -0.3 is 13.7 Å². The van der Waals surface area contributed by atoms with Gasteiger partial charge in [0, 0.05) is 28.4 Å². The molecule has 6 nitrogen and oxygen atoms in total. The Kier molecular flexibility index (Phi) is 4.95. The maximum absolute atomic E-state index is 13.6. The highest BCUT2D eigenvalue weighted by Gasteiger charge is 2.18. The summed E-state index contributed by atoms with van der Waals surface area (Å²) in [5, 5.41) is 1.97. The summed E-state index contributed by atoms with van der Waals surface area (Å²) in [6.45, 7) is 4.44. The van der Waals surface area contributed by atoms with Crippen molar-refractivity contribution in [2.45, 2.75) is 20.4 Å². The molecule has 5 aromatic rings. The molecular formula is C26H19FN2O4S. The molecular weight excluding hydrogens is 455 g/mol. The SMILES string of the molecule is C#Cc1ccc2c(c1)[nH]c1c2c(=O)c2cc(C)c(-c3cccc(OS(=O)(=O)F)c3)cc2n1CC. The number of nitrogens with zero attached hydrogens (tertiary/aromatic N) is 1. The van der Waals surface area contributed by atoms with Crippen LogP contribution in [0.15, 0.2) is 59.4 Å². The Morgan fingerprint density at radius 1 is 1.12 bits per heavy atom. The molecule has 0 fully saturated rings. The van der Waals surface area contributed by atoms with Gasteiger partial charge in [0.15, 0.2) is 5.43 Å². The van der Waals surface area contributed by atoms with E-state index in [4.69, 9.17) is 6.42 Å². The van der Waals surface area contributed by atoms with E-state index in [2.05, 4.69) is 15.1 Å². The van der Waals surface area contributed by atoms with E-state index in [0.717, 1.165) is 27.6 Å². The van der Waals surface area contributed by atoms with Gasteiger partial charge in [-0.05, 0) is 66.9 Å². The molecule has 0 spiro atoms. The molecule has 0 amide bonds. The third-order valence-corrected chi connectivity index (χ3v) is 6.37. The number of nitrogens with one attached hydrogen (secondary N) is 1. The van der Waals surface area contributed by atoms with Crippen LogP contribution in [0.25, 0.3) is 44.0 Å². The summed E-state index contributed by atoms with van der Waals surface area (Å²) in [5.41, 5.74) is 5.02. The van der Waals surface area contributed by atoms with Crippen molar-refractivity contribution >= 4 is 43.3 Å². The summed E-state index contributed by atoms with van der Waals surface area (Å²) in [6, 6.07) is 15.4. The number of aromatic amines is 1. The highest BCUT2D eigenvalue weighted by molar-refractivity contribution is 7.81. The fourth-order valence-corrected chi connectivity index (χ4v) is 4.87. The Morgan fingerprint density at radius 3 is 2.62 bits per heavy atom. The lowest BCUT2D eigenvalue weighted by molar-refractivity contribution is 0.440. The molecule has 34 heavy (non-hydrogen) atoms. The molecule has 8 heteroatoms. The van der Waals surface area contributed by atoms with Gasteiger partial charge in [-0.3, -0.25) is 4.79 Å². The van der Waals surface area contributed by atoms with Gasteiger partial charge in [-0.25, -0.2) is 0 Å². The first-order valence-corrected chi connectivity index (χ1v) is 11.8. The second-order valence-corrected chi connectivity index (χ2v) is 8.97. The van der Waals surface area contributed by atoms with Crippen molar-refractivity contribution in [3.63, 3.8) is 0 Å². The Hall–Kier alpha value is -4.09. The number of fused-ring (bicyclic) bond motifs is 4. The van der Waals surface area contributed by atoms with Gasteiger partial charge in [0.1, 0.15) is 11.4 Å². The van der Waals surface area contributed by atoms with Crippen LogP contribution < -0.4 is 9.61 Å². The van der Waals surface area contributed by atoms with Crippen LogP contribution in [0.1, 0.15) is 18.1 Å². The topological polar surface area (TPSA) is 81.2 Å². The molecule has 0 saturated carbocycles. The zero-order chi connectivity index (χ0) is 24.2. The lowest BCUT2D eigenvalue weighted by atomic mass is 9.97. The zero-order valence-electron chi connectivity index (χ0n) is 18.3. The van der Waals surface area contributed by atoms with Crippen LogP contribution in [0.5, 0.6) is 5.75 Å². The number of benzene rings is 3. The summed E-state index contributed by atoms with van der Waals surface area (Å²) in [4.78, 5) is 16.9. The van der Waals surface area contributed by atoms with Crippen LogP contribution in [0, 0.1) is 19.3 Å². The van der Waals surface area contributed by atoms with E-state index in [-0.39, 0.29) is 11.2 Å². The minimum atomic E-state index is -5.14. The molecule has 0 atom stereocenters. The van der Waals surface area contributed by atoms with E-state index in [0.29, 0.717) is 34.0 Å². The lowest BCUT2D eigenvalue weighted by Crippen LogP contribution is -2.11. The molecule has 170 valence electrons. The number of halogens is 1. The number of H-pyrrole nitrogens is 1. The second kappa shape index (κ2) is 7.75. The van der Waals surface area contributed by atoms with E-state index >= 15 is 0 Å². The summed E-state index contributed by atoms with van der Waals surface area (Å²) < 4.78 is 41.3. The molecule has 0 aliphatic carbocycles. The van der Waals surface area contributed by atoms with Gasteiger partial charge in [-0.2, -0.15) is 8.42 Å². The van der Waals surface area contributed by atoms with Crippen molar-refractivity contribution in [1.29, 1.82) is 0 Å². The van der Waals surface area contributed by atoms with E-state index in [1.807, 2.05) is 48.7 Å². The molecule has 3 aromatic carbocycles. The van der Waals surface area contributed by atoms with Crippen LogP contribution >= 0.6 is 0 Å². The first-order valence-electron chi connectivity index (χ1n) is 10.5. The smallest absolute Gasteiger partial charge is 0.358 e. The van der Waals surface area contributed by atoms with Crippen molar-refractivity contribution in [2.75, 3.05) is 0 Å². The molecule has 0 saturated heterocycles. The average Bonchev–Trinajstić information content (AvgIpc) is 3.17. The number of pyridine rings is 1. The third kappa shape index (κ3) is 3.51. The normalized spacial score (nSPS) is 11.8. The molecule has 5 rings (SSSR count). The van der Waals surface area contributed by atoms with E-state index < -0.39 is 10.5 Å². The minimum Gasteiger partial charge on any atom is -0.358 e. The molecule has 0 aliphatic rings. The van der Waals surface area contributed by atoms with Gasteiger partial charge in [-0.1, -0.05) is 28.0 Å². The van der Waals surface area contributed by atoms with Crippen molar-refractivity contribution in [2.24, 2.45) is 0 Å². The predicted octanol–water partition coefficient (Wildman–Crippen LogP) is 5.21. The van der Waals surface area contributed by atoms with Crippen LogP contribution in [0.2, 0.25) is 0 Å². The van der Waals surface area contributed by atoms with Crippen molar-refractivity contribution in [3.8, 4) is 29.2 Å². The number of hydrogen-bond acceptors (Lipinski definition) is 4. The van der Waals surface area contributed by atoms with Crippen LogP contribution in [0.4, 0.5) is 3.89 Å². The number of terminal acetylenes is 1. The third-order valence-electron chi connectivity index (χ3n) is 5.98.